The number of amides is 1. The number of carbonyl (C=O) groups is 1. The minimum Gasteiger partial charge on any atom is -0.358 e. The highest BCUT2D eigenvalue weighted by molar-refractivity contribution is 5.78. The van der Waals surface area contributed by atoms with E-state index in [0.29, 0.717) is 13.1 Å². The fraction of sp³-hybridized carbons (Fsp3) is 0.385. The molecule has 1 aromatic heterocycles. The molecule has 1 fully saturated rings. The highest BCUT2D eigenvalue weighted by Crippen LogP contribution is 2.06. The summed E-state index contributed by atoms with van der Waals surface area (Å²) in [6.07, 6.45) is 8.29. The van der Waals surface area contributed by atoms with Crippen LogP contribution in [-0.4, -0.2) is 36.8 Å². The van der Waals surface area contributed by atoms with Gasteiger partial charge in [0.1, 0.15) is 6.23 Å². The molecule has 0 saturated carbocycles. The number of nitrogens with zero attached hydrogens (tertiary/aromatic N) is 1. The molecule has 0 radical (unpaired) electrons. The first-order valence-electron chi connectivity index (χ1n) is 6.03. The SMILES string of the molecule is O=C(CNC/C=C/c1cccnc1)NC1CCO1. The number of hydrogen-bond acceptors (Lipinski definition) is 4. The van der Waals surface area contributed by atoms with Crippen molar-refractivity contribution in [3.63, 3.8) is 0 Å². The largest absolute Gasteiger partial charge is 0.358 e. The number of pyridine rings is 1. The molecule has 96 valence electrons. The maximum atomic E-state index is 11.4. The summed E-state index contributed by atoms with van der Waals surface area (Å²) in [4.78, 5) is 15.4. The summed E-state index contributed by atoms with van der Waals surface area (Å²) >= 11 is 0. The van der Waals surface area contributed by atoms with Gasteiger partial charge in [-0.1, -0.05) is 18.2 Å². The van der Waals surface area contributed by atoms with Gasteiger partial charge in [0.05, 0.1) is 13.2 Å². The normalized spacial score (nSPS) is 18.6. The van der Waals surface area contributed by atoms with Gasteiger partial charge in [-0.3, -0.25) is 9.78 Å². The molecule has 1 amide bonds. The second-order valence-corrected chi connectivity index (χ2v) is 4.04. The topological polar surface area (TPSA) is 63.2 Å². The maximum absolute atomic E-state index is 11.4. The van der Waals surface area contributed by atoms with Gasteiger partial charge in [0.15, 0.2) is 0 Å². The standard InChI is InChI=1S/C13H17N3O2/c17-12(16-13-5-8-18-13)10-15-7-2-4-11-3-1-6-14-9-11/h1-4,6,9,13,15H,5,7-8,10H2,(H,16,17)/b4-2+. The molecule has 2 heterocycles. The predicted octanol–water partition coefficient (Wildman–Crippen LogP) is 0.547. The summed E-state index contributed by atoms with van der Waals surface area (Å²) in [5.41, 5.74) is 1.05. The number of hydrogen-bond donors (Lipinski definition) is 2. The van der Waals surface area contributed by atoms with E-state index in [2.05, 4.69) is 15.6 Å². The van der Waals surface area contributed by atoms with Gasteiger partial charge in [0, 0.05) is 25.4 Å². The third kappa shape index (κ3) is 4.27. The van der Waals surface area contributed by atoms with Crippen molar-refractivity contribution in [2.24, 2.45) is 0 Å². The molecular formula is C13H17N3O2. The second kappa shape index (κ2) is 6.88. The van der Waals surface area contributed by atoms with Crippen LogP contribution < -0.4 is 10.6 Å². The first kappa shape index (κ1) is 12.7. The maximum Gasteiger partial charge on any atom is 0.235 e. The molecule has 2 rings (SSSR count). The molecule has 5 nitrogen and oxygen atoms in total. The lowest BCUT2D eigenvalue weighted by Crippen LogP contribution is -2.47. The van der Waals surface area contributed by atoms with Crippen molar-refractivity contribution in [2.45, 2.75) is 12.6 Å². The molecule has 1 aromatic rings. The van der Waals surface area contributed by atoms with Crippen molar-refractivity contribution in [3.8, 4) is 0 Å². The average Bonchev–Trinajstić information content (AvgIpc) is 2.35. The summed E-state index contributed by atoms with van der Waals surface area (Å²) in [7, 11) is 0. The van der Waals surface area contributed by atoms with Crippen LogP contribution in [0, 0.1) is 0 Å². The van der Waals surface area contributed by atoms with Crippen LogP contribution in [0.4, 0.5) is 0 Å². The van der Waals surface area contributed by atoms with Gasteiger partial charge in [-0.15, -0.1) is 0 Å². The minimum absolute atomic E-state index is 0.0329. The Hall–Kier alpha value is -1.72. The van der Waals surface area contributed by atoms with Crippen molar-refractivity contribution in [1.29, 1.82) is 0 Å². The zero-order chi connectivity index (χ0) is 12.6. The smallest absolute Gasteiger partial charge is 0.235 e. The molecule has 18 heavy (non-hydrogen) atoms. The second-order valence-electron chi connectivity index (χ2n) is 4.04. The van der Waals surface area contributed by atoms with Crippen molar-refractivity contribution in [3.05, 3.63) is 36.2 Å². The lowest BCUT2D eigenvalue weighted by atomic mass is 10.2. The van der Waals surface area contributed by atoms with Gasteiger partial charge in [0.25, 0.3) is 0 Å². The van der Waals surface area contributed by atoms with E-state index in [1.165, 1.54) is 0 Å². The predicted molar refractivity (Wildman–Crippen MR) is 68.6 cm³/mol. The molecule has 0 spiro atoms. The number of nitrogens with one attached hydrogen (secondary N) is 2. The van der Waals surface area contributed by atoms with Gasteiger partial charge in [-0.25, -0.2) is 0 Å². The summed E-state index contributed by atoms with van der Waals surface area (Å²) in [5.74, 6) is -0.0329. The van der Waals surface area contributed by atoms with Crippen molar-refractivity contribution < 1.29 is 9.53 Å². The van der Waals surface area contributed by atoms with E-state index in [9.17, 15) is 4.79 Å². The average molecular weight is 247 g/mol. The van der Waals surface area contributed by atoms with E-state index in [1.54, 1.807) is 12.4 Å². The Morgan fingerprint density at radius 3 is 3.17 bits per heavy atom. The summed E-state index contributed by atoms with van der Waals surface area (Å²) in [6, 6.07) is 3.86. The van der Waals surface area contributed by atoms with E-state index in [0.717, 1.165) is 18.6 Å². The minimum atomic E-state index is -0.0785. The molecule has 0 aromatic carbocycles. The Morgan fingerprint density at radius 2 is 2.50 bits per heavy atom. The molecule has 2 N–H and O–H groups in total. The van der Waals surface area contributed by atoms with Crippen molar-refractivity contribution >= 4 is 12.0 Å². The third-order valence-electron chi connectivity index (χ3n) is 2.56. The molecule has 5 heteroatoms. The molecule has 1 atom stereocenters. The van der Waals surface area contributed by atoms with Crippen molar-refractivity contribution in [2.75, 3.05) is 19.7 Å². The van der Waals surface area contributed by atoms with Crippen LogP contribution in [0.15, 0.2) is 30.6 Å². The quantitative estimate of drug-likeness (QED) is 0.720. The molecule has 0 bridgehead atoms. The van der Waals surface area contributed by atoms with Crippen LogP contribution >= 0.6 is 0 Å². The fourth-order valence-corrected chi connectivity index (χ4v) is 1.52. The lowest BCUT2D eigenvalue weighted by molar-refractivity contribution is -0.132. The molecule has 1 saturated heterocycles. The van der Waals surface area contributed by atoms with Gasteiger partial charge >= 0.3 is 0 Å². The number of ether oxygens (including phenoxy) is 1. The first-order chi connectivity index (χ1) is 8.84. The Morgan fingerprint density at radius 1 is 1.61 bits per heavy atom. The first-order valence-corrected chi connectivity index (χ1v) is 6.03. The summed E-state index contributed by atoms with van der Waals surface area (Å²) in [5, 5.41) is 5.80. The Labute approximate surface area is 106 Å². The van der Waals surface area contributed by atoms with Gasteiger partial charge in [-0.05, 0) is 11.6 Å². The molecular weight excluding hydrogens is 230 g/mol. The van der Waals surface area contributed by atoms with Crippen LogP contribution in [0.25, 0.3) is 6.08 Å². The van der Waals surface area contributed by atoms with E-state index < -0.39 is 0 Å². The van der Waals surface area contributed by atoms with E-state index in [-0.39, 0.29) is 12.1 Å². The molecule has 1 unspecified atom stereocenters. The Bertz CT molecular complexity index is 402. The van der Waals surface area contributed by atoms with E-state index in [1.807, 2.05) is 24.3 Å². The third-order valence-corrected chi connectivity index (χ3v) is 2.56. The fourth-order valence-electron chi connectivity index (χ4n) is 1.52. The summed E-state index contributed by atoms with van der Waals surface area (Å²) in [6.45, 7) is 1.69. The van der Waals surface area contributed by atoms with Crippen LogP contribution in [-0.2, 0) is 9.53 Å². The number of carbonyl (C=O) groups excluding carboxylic acids is 1. The Kier molecular flexibility index (Phi) is 4.87. The monoisotopic (exact) mass is 247 g/mol. The number of aromatic nitrogens is 1. The van der Waals surface area contributed by atoms with E-state index in [4.69, 9.17) is 4.74 Å². The molecule has 0 aliphatic carbocycles. The summed E-state index contributed by atoms with van der Waals surface area (Å²) < 4.78 is 5.11. The lowest BCUT2D eigenvalue weighted by Gasteiger charge is -2.27. The molecule has 1 aliphatic heterocycles. The van der Waals surface area contributed by atoms with Crippen LogP contribution in [0.5, 0.6) is 0 Å². The van der Waals surface area contributed by atoms with Gasteiger partial charge < -0.3 is 15.4 Å². The van der Waals surface area contributed by atoms with E-state index >= 15 is 0 Å². The van der Waals surface area contributed by atoms with Crippen molar-refractivity contribution in [1.82, 2.24) is 15.6 Å². The van der Waals surface area contributed by atoms with Crippen LogP contribution in [0.1, 0.15) is 12.0 Å². The highest BCUT2D eigenvalue weighted by atomic mass is 16.5. The molecule has 1 aliphatic rings. The van der Waals surface area contributed by atoms with Gasteiger partial charge in [-0.2, -0.15) is 0 Å². The van der Waals surface area contributed by atoms with Gasteiger partial charge in [0.2, 0.25) is 5.91 Å². The Balaban J connectivity index is 1.57. The zero-order valence-electron chi connectivity index (χ0n) is 10.1. The zero-order valence-corrected chi connectivity index (χ0v) is 10.1. The van der Waals surface area contributed by atoms with Crippen LogP contribution in [0.2, 0.25) is 0 Å². The number of rotatable bonds is 6. The highest BCUT2D eigenvalue weighted by Gasteiger charge is 2.19. The van der Waals surface area contributed by atoms with Crippen LogP contribution in [0.3, 0.4) is 0 Å².